The van der Waals surface area contributed by atoms with E-state index in [9.17, 15) is 9.18 Å². The molecule has 1 amide bonds. The molecule has 4 aromatic rings. The number of nitrogens with zero attached hydrogens (tertiary/aromatic N) is 2. The third-order valence-corrected chi connectivity index (χ3v) is 6.30. The fourth-order valence-corrected chi connectivity index (χ4v) is 4.36. The molecule has 0 saturated carbocycles. The number of halogens is 3. The third kappa shape index (κ3) is 5.99. The summed E-state index contributed by atoms with van der Waals surface area (Å²) in [6.07, 6.45) is 1.53. The fourth-order valence-electron chi connectivity index (χ4n) is 3.58. The lowest BCUT2D eigenvalue weighted by molar-refractivity contribution is 0.0955. The molecule has 1 N–H and O–H groups in total. The van der Waals surface area contributed by atoms with Gasteiger partial charge in [0.15, 0.2) is 0 Å². The minimum absolute atomic E-state index is 0.285. The summed E-state index contributed by atoms with van der Waals surface area (Å²) >= 11 is 9.88. The minimum atomic E-state index is -0.405. The van der Waals surface area contributed by atoms with Crippen LogP contribution in [0.5, 0.6) is 5.75 Å². The van der Waals surface area contributed by atoms with E-state index in [-0.39, 0.29) is 5.82 Å². The van der Waals surface area contributed by atoms with Crippen LogP contribution in [-0.2, 0) is 6.61 Å². The molecule has 1 aromatic heterocycles. The van der Waals surface area contributed by atoms with Gasteiger partial charge in [-0.3, -0.25) is 4.79 Å². The van der Waals surface area contributed by atoms with Crippen molar-refractivity contribution in [3.63, 3.8) is 0 Å². The Hall–Kier alpha value is -3.42. The number of aromatic nitrogens is 1. The van der Waals surface area contributed by atoms with Gasteiger partial charge in [-0.25, -0.2) is 9.82 Å². The first kappa shape index (κ1) is 24.7. The predicted octanol–water partition coefficient (Wildman–Crippen LogP) is 6.99. The third-order valence-electron chi connectivity index (χ3n) is 5.37. The van der Waals surface area contributed by atoms with Crippen LogP contribution < -0.4 is 10.2 Å². The Kier molecular flexibility index (Phi) is 7.68. The van der Waals surface area contributed by atoms with Gasteiger partial charge in [0.1, 0.15) is 18.2 Å². The number of benzene rings is 3. The van der Waals surface area contributed by atoms with Gasteiger partial charge in [0.25, 0.3) is 5.91 Å². The Bertz CT molecular complexity index is 1380. The first-order valence-electron chi connectivity index (χ1n) is 10.8. The van der Waals surface area contributed by atoms with Crippen molar-refractivity contribution in [2.75, 3.05) is 0 Å². The van der Waals surface area contributed by atoms with Crippen LogP contribution in [0.15, 0.2) is 82.4 Å². The Balaban J connectivity index is 1.37. The summed E-state index contributed by atoms with van der Waals surface area (Å²) in [5.41, 5.74) is 7.51. The molecule has 5 nitrogen and oxygen atoms in total. The highest BCUT2D eigenvalue weighted by Gasteiger charge is 2.12. The fraction of sp³-hybridized carbons (Fsp3) is 0.111. The second-order valence-electron chi connectivity index (χ2n) is 7.92. The number of nitrogens with one attached hydrogen (secondary N) is 1. The zero-order valence-electron chi connectivity index (χ0n) is 19.1. The van der Waals surface area contributed by atoms with Crippen LogP contribution in [0.25, 0.3) is 5.69 Å². The number of carbonyl (C=O) groups excluding carboxylic acids is 1. The van der Waals surface area contributed by atoms with E-state index in [0.29, 0.717) is 22.9 Å². The average molecular weight is 555 g/mol. The van der Waals surface area contributed by atoms with Gasteiger partial charge in [0.05, 0.1) is 21.3 Å². The molecule has 35 heavy (non-hydrogen) atoms. The van der Waals surface area contributed by atoms with E-state index < -0.39 is 5.91 Å². The topological polar surface area (TPSA) is 55.6 Å². The molecule has 0 aliphatic carbocycles. The zero-order chi connectivity index (χ0) is 24.9. The number of aryl methyl sites for hydroxylation is 2. The van der Waals surface area contributed by atoms with Crippen LogP contribution in [0.2, 0.25) is 5.02 Å². The molecule has 0 bridgehead atoms. The Morgan fingerprint density at radius 2 is 1.77 bits per heavy atom. The molecule has 0 saturated heterocycles. The SMILES string of the molecule is Cc1ccc(C)n1-c1ccc(C(=O)N/N=C\c2ccc(OCc3ccc(F)cc3)c(Br)c2)c(Cl)c1. The molecule has 3 aromatic carbocycles. The molecule has 0 unspecified atom stereocenters. The summed E-state index contributed by atoms with van der Waals surface area (Å²) in [5, 5.41) is 4.39. The van der Waals surface area contributed by atoms with Gasteiger partial charge in [-0.15, -0.1) is 0 Å². The molecule has 0 aliphatic heterocycles. The van der Waals surface area contributed by atoms with Crippen LogP contribution in [0.4, 0.5) is 4.39 Å². The summed E-state index contributed by atoms with van der Waals surface area (Å²) in [6.45, 7) is 4.34. The summed E-state index contributed by atoms with van der Waals surface area (Å²) in [4.78, 5) is 12.6. The van der Waals surface area contributed by atoms with Gasteiger partial charge in [-0.05, 0) is 102 Å². The highest BCUT2D eigenvalue weighted by molar-refractivity contribution is 9.10. The van der Waals surface area contributed by atoms with Crippen LogP contribution in [0.3, 0.4) is 0 Å². The minimum Gasteiger partial charge on any atom is -0.488 e. The number of carbonyl (C=O) groups is 1. The van der Waals surface area contributed by atoms with Crippen molar-refractivity contribution in [1.29, 1.82) is 0 Å². The molecule has 1 heterocycles. The Labute approximate surface area is 216 Å². The van der Waals surface area contributed by atoms with Crippen LogP contribution >= 0.6 is 27.5 Å². The van der Waals surface area contributed by atoms with Crippen LogP contribution in [0.1, 0.15) is 32.9 Å². The summed E-state index contributed by atoms with van der Waals surface area (Å²) < 4.78 is 21.6. The maximum Gasteiger partial charge on any atom is 0.272 e. The number of hydrazone groups is 1. The monoisotopic (exact) mass is 553 g/mol. The van der Waals surface area contributed by atoms with E-state index in [1.807, 2.05) is 44.2 Å². The van der Waals surface area contributed by atoms with E-state index in [0.717, 1.165) is 32.7 Å². The number of ether oxygens (including phenoxy) is 1. The highest BCUT2D eigenvalue weighted by Crippen LogP contribution is 2.27. The molecule has 0 radical (unpaired) electrons. The van der Waals surface area contributed by atoms with E-state index in [1.54, 1.807) is 30.3 Å². The highest BCUT2D eigenvalue weighted by atomic mass is 79.9. The Morgan fingerprint density at radius 1 is 1.06 bits per heavy atom. The van der Waals surface area contributed by atoms with E-state index in [1.165, 1.54) is 18.3 Å². The van der Waals surface area contributed by atoms with Crippen molar-refractivity contribution in [3.05, 3.63) is 116 Å². The first-order valence-corrected chi connectivity index (χ1v) is 11.9. The molecule has 0 aliphatic rings. The van der Waals surface area contributed by atoms with Crippen LogP contribution in [-0.4, -0.2) is 16.7 Å². The molecule has 8 heteroatoms. The molecular weight excluding hydrogens is 533 g/mol. The maximum atomic E-state index is 13.0. The number of hydrogen-bond acceptors (Lipinski definition) is 3. The standard InChI is InChI=1S/C27H22BrClFN3O2/c1-17-3-4-18(2)33(17)22-10-11-23(25(29)14-22)27(34)32-31-15-20-7-12-26(24(28)13-20)35-16-19-5-8-21(30)9-6-19/h3-15H,16H2,1-2H3,(H,32,34)/b31-15-. The van der Waals surface area contributed by atoms with E-state index in [4.69, 9.17) is 16.3 Å². The van der Waals surface area contributed by atoms with Crippen molar-refractivity contribution in [2.45, 2.75) is 20.5 Å². The molecule has 178 valence electrons. The summed E-state index contributed by atoms with van der Waals surface area (Å²) in [5.74, 6) is -0.0559. The predicted molar refractivity (Wildman–Crippen MR) is 140 cm³/mol. The van der Waals surface area contributed by atoms with Crippen molar-refractivity contribution in [1.82, 2.24) is 9.99 Å². The van der Waals surface area contributed by atoms with Crippen molar-refractivity contribution < 1.29 is 13.9 Å². The lowest BCUT2D eigenvalue weighted by Gasteiger charge is -2.11. The van der Waals surface area contributed by atoms with E-state index >= 15 is 0 Å². The lowest BCUT2D eigenvalue weighted by Crippen LogP contribution is -2.18. The molecular formula is C27H22BrClFN3O2. The van der Waals surface area contributed by atoms with E-state index in [2.05, 4.69) is 31.0 Å². The van der Waals surface area contributed by atoms with Gasteiger partial charge in [0.2, 0.25) is 0 Å². The molecule has 0 spiro atoms. The van der Waals surface area contributed by atoms with Gasteiger partial charge >= 0.3 is 0 Å². The summed E-state index contributed by atoms with van der Waals surface area (Å²) in [6, 6.07) is 20.9. The Morgan fingerprint density at radius 3 is 2.43 bits per heavy atom. The van der Waals surface area contributed by atoms with Gasteiger partial charge < -0.3 is 9.30 Å². The quantitative estimate of drug-likeness (QED) is 0.198. The summed E-state index contributed by atoms with van der Waals surface area (Å²) in [7, 11) is 0. The maximum absolute atomic E-state index is 13.0. The van der Waals surface area contributed by atoms with Crippen molar-refractivity contribution >= 4 is 39.7 Å². The normalized spacial score (nSPS) is 11.1. The van der Waals surface area contributed by atoms with Crippen LogP contribution in [0, 0.1) is 19.7 Å². The smallest absolute Gasteiger partial charge is 0.272 e. The number of hydrogen-bond donors (Lipinski definition) is 1. The molecule has 0 atom stereocenters. The van der Waals surface area contributed by atoms with Gasteiger partial charge in [0, 0.05) is 17.1 Å². The zero-order valence-corrected chi connectivity index (χ0v) is 21.4. The van der Waals surface area contributed by atoms with Gasteiger partial charge in [-0.1, -0.05) is 23.7 Å². The molecule has 4 rings (SSSR count). The lowest BCUT2D eigenvalue weighted by atomic mass is 10.2. The van der Waals surface area contributed by atoms with Gasteiger partial charge in [-0.2, -0.15) is 5.10 Å². The van der Waals surface area contributed by atoms with Crippen molar-refractivity contribution in [2.24, 2.45) is 5.10 Å². The first-order chi connectivity index (χ1) is 16.8. The second kappa shape index (κ2) is 10.9. The second-order valence-corrected chi connectivity index (χ2v) is 9.18. The largest absolute Gasteiger partial charge is 0.488 e. The number of amides is 1. The van der Waals surface area contributed by atoms with Crippen molar-refractivity contribution in [3.8, 4) is 11.4 Å². The molecule has 0 fully saturated rings. The average Bonchev–Trinajstić information content (AvgIpc) is 3.17. The number of rotatable bonds is 7.